The van der Waals surface area contributed by atoms with Crippen LogP contribution in [-0.4, -0.2) is 327 Å². The standard InChI is InChI=1S/C89H120N22O23S/c1-7-9-20-67-82(127)100-58(27-28-75(119)120)78(123)106-66(77(122)96-42-73(92)117)44-135-45-74(118)98-62(32-48-23-25-52(113)26-24-48)85(130)107(4)47(3)76(121)103-64(37-71(90)115)87(132)110-30-15-22-68(110)83(128)102-61(35-51-41-93-46-97-51)81(126)105-65(38-72(91)116)88(133)111-43-53(114)36-70(111)84(129)101-60(33-49-39-94-56-18-13-11-16-54(49)56)80(125)99-59(29-31-112)79(124)104-63(34-50-40-95-57-19-14-12-17-55(50)57)86(131)109(6)69(21-10-8-2)89(134)108(67)5/h11-14,16-19,23-26,39-41,46-47,53,58-70,94-95,112-114H,7-10,15,20-22,27-38,42-45H2,1-6H3,(H2,90,115)(H2,91,116)(H2,92,117)(H,93,97)(H,96,122)(H,98,118)(H,99,125)(H,100,127)(H,101,129)(H,102,128)(H,103,121)(H,104,124)(H,105,126)(H,106,123)(H,119,120)/t47-,53+,58-,59-,60-,61-,62-,63-,64+,65-,66-,67-,68-,69-,70-/m0/s1. The first-order chi connectivity index (χ1) is 64.3. The predicted octanol–water partition coefficient (Wildman–Crippen LogP) is -4.11. The second-order valence-electron chi connectivity index (χ2n) is 33.8. The van der Waals surface area contributed by atoms with Crippen molar-refractivity contribution in [1.29, 1.82) is 0 Å². The number of phenols is 1. The van der Waals surface area contributed by atoms with Crippen LogP contribution in [-0.2, 0) is 117 Å². The second-order valence-corrected chi connectivity index (χ2v) is 34.8. The summed E-state index contributed by atoms with van der Waals surface area (Å²) in [5, 5.41) is 69.1. The van der Waals surface area contributed by atoms with Crippen LogP contribution in [0.1, 0.15) is 133 Å². The lowest BCUT2D eigenvalue weighted by atomic mass is 9.99. The summed E-state index contributed by atoms with van der Waals surface area (Å²) in [4.78, 5) is 293. The molecule has 3 saturated heterocycles. The van der Waals surface area contributed by atoms with Gasteiger partial charge in [0, 0.05) is 126 Å². The molecule has 3 aliphatic heterocycles. The molecule has 46 heteroatoms. The van der Waals surface area contributed by atoms with Crippen LogP contribution in [0.3, 0.4) is 0 Å². The van der Waals surface area contributed by atoms with E-state index in [0.717, 1.165) is 24.5 Å². The number of likely N-dealkylation sites (N-methyl/N-ethyl adjacent to an activating group) is 3. The number of carboxylic acid groups (broad SMARTS) is 1. The highest BCUT2D eigenvalue weighted by atomic mass is 32.2. The molecule has 0 aliphatic carbocycles. The fourth-order valence-electron chi connectivity index (χ4n) is 16.4. The van der Waals surface area contributed by atoms with Crippen LogP contribution in [0.25, 0.3) is 21.8 Å². The van der Waals surface area contributed by atoms with Crippen molar-refractivity contribution in [3.8, 4) is 5.75 Å². The van der Waals surface area contributed by atoms with Crippen LogP contribution in [0, 0.1) is 0 Å². The summed E-state index contributed by atoms with van der Waals surface area (Å²) >= 11 is 0.695. The van der Waals surface area contributed by atoms with Crippen molar-refractivity contribution in [1.82, 2.24) is 97.6 Å². The van der Waals surface area contributed by atoms with E-state index in [2.05, 4.69) is 73.1 Å². The highest BCUT2D eigenvalue weighted by molar-refractivity contribution is 8.00. The number of imidazole rings is 1. The Morgan fingerprint density at radius 2 is 1.02 bits per heavy atom. The molecule has 3 aromatic carbocycles. The van der Waals surface area contributed by atoms with Gasteiger partial charge in [-0.3, -0.25) is 91.1 Å². The number of aromatic amines is 3. The highest BCUT2D eigenvalue weighted by Crippen LogP contribution is 2.28. The van der Waals surface area contributed by atoms with Gasteiger partial charge >= 0.3 is 5.97 Å². The van der Waals surface area contributed by atoms with Crippen LogP contribution in [0.4, 0.5) is 0 Å². The number of fused-ring (bicyclic) bond motifs is 4. The monoisotopic (exact) mass is 1900 g/mol. The normalized spacial score (nSPS) is 24.7. The number of nitrogens with one attached hydrogen (secondary N) is 13. The van der Waals surface area contributed by atoms with Crippen LogP contribution < -0.4 is 70.4 Å². The van der Waals surface area contributed by atoms with E-state index in [9.17, 15) is 78.0 Å². The first-order valence-electron chi connectivity index (χ1n) is 44.5. The number of rotatable bonds is 26. The summed E-state index contributed by atoms with van der Waals surface area (Å²) in [7, 11) is 3.76. The molecule has 3 aromatic heterocycles. The number of phenolic OH excluding ortho intramolecular Hbond substituents is 1. The number of para-hydroxylation sites is 2. The Labute approximate surface area is 780 Å². The third-order valence-electron chi connectivity index (χ3n) is 23.9. The zero-order valence-corrected chi connectivity index (χ0v) is 76.6. The van der Waals surface area contributed by atoms with Gasteiger partial charge in [-0.05, 0) is 86.4 Å². The van der Waals surface area contributed by atoms with Crippen LogP contribution >= 0.6 is 11.8 Å². The van der Waals surface area contributed by atoms with Gasteiger partial charge in [-0.25, -0.2) is 4.98 Å². The number of amides is 18. The van der Waals surface area contributed by atoms with Crippen molar-refractivity contribution < 1.29 is 112 Å². The first kappa shape index (κ1) is 105. The smallest absolute Gasteiger partial charge is 0.303 e. The van der Waals surface area contributed by atoms with Gasteiger partial charge in [-0.15, -0.1) is 11.8 Å². The van der Waals surface area contributed by atoms with Crippen molar-refractivity contribution in [2.75, 3.05) is 58.9 Å². The molecule has 0 spiro atoms. The number of nitrogens with zero attached hydrogens (tertiary/aromatic N) is 6. The number of carbonyl (C=O) groups is 19. The number of carbonyl (C=O) groups excluding carboxylic acids is 18. The molecule has 3 aliphatic rings. The molecule has 0 unspecified atom stereocenters. The number of H-pyrrole nitrogens is 3. The van der Waals surface area contributed by atoms with Gasteiger partial charge in [-0.2, -0.15) is 0 Å². The molecule has 6 heterocycles. The number of unbranched alkanes of at least 4 members (excludes halogenated alkanes) is 2. The third kappa shape index (κ3) is 29.0. The SMILES string of the molecule is CCCC[C@H]1C(=O)N(C)[C@@H](CCCC)C(=O)N[C@@H](CCC(=O)O)C(=O)N[C@H](C(=O)NCC(N)=O)CSCC(=O)N[C@@H](Cc2ccc(O)cc2)C(=O)N(C)[C@@H](C)C(=O)N[C@H](CC(N)=O)C(=O)N2CCC[C@H]2C(=O)N[C@@H](Cc2c[nH]cn2)C(=O)N[C@@H](CC(N)=O)C(=O)N2C[C@H](O)C[C@H]2C(=O)N[C@@H](Cc2c[nH]c3ccccc23)C(=O)N[C@@H](CCO)C(=O)N[C@@H](Cc2c[nH]c3ccccc23)C(=O)N1C. The zero-order valence-electron chi connectivity index (χ0n) is 75.7. The molecule has 730 valence electrons. The van der Waals surface area contributed by atoms with Crippen LogP contribution in [0.5, 0.6) is 5.75 Å². The van der Waals surface area contributed by atoms with Crippen LogP contribution in [0.2, 0.25) is 0 Å². The maximum Gasteiger partial charge on any atom is 0.303 e. The van der Waals surface area contributed by atoms with E-state index in [1.807, 2.05) is 6.92 Å². The second kappa shape index (κ2) is 49.6. The molecule has 6 aromatic rings. The number of nitrogens with two attached hydrogens (primary N) is 3. The molecule has 0 bridgehead atoms. The highest BCUT2D eigenvalue weighted by Gasteiger charge is 2.47. The number of aromatic nitrogens is 4. The van der Waals surface area contributed by atoms with Gasteiger partial charge in [-0.1, -0.05) is 88.1 Å². The van der Waals surface area contributed by atoms with Crippen molar-refractivity contribution in [2.24, 2.45) is 17.2 Å². The van der Waals surface area contributed by atoms with Gasteiger partial charge in [0.05, 0.1) is 43.3 Å². The Balaban J connectivity index is 1.11. The van der Waals surface area contributed by atoms with E-state index in [-0.39, 0.29) is 75.8 Å². The molecule has 135 heavy (non-hydrogen) atoms. The van der Waals surface area contributed by atoms with Gasteiger partial charge in [0.15, 0.2) is 0 Å². The summed E-state index contributed by atoms with van der Waals surface area (Å²) in [6.45, 7) is 2.48. The maximum atomic E-state index is 15.8. The van der Waals surface area contributed by atoms with Crippen molar-refractivity contribution >= 4 is 146 Å². The largest absolute Gasteiger partial charge is 0.508 e. The predicted molar refractivity (Wildman–Crippen MR) is 486 cm³/mol. The maximum absolute atomic E-state index is 15.8. The van der Waals surface area contributed by atoms with Crippen molar-refractivity contribution in [2.45, 2.75) is 227 Å². The Bertz CT molecular complexity index is 5280. The number of benzene rings is 3. The average Bonchev–Trinajstić information content (AvgIpc) is 1.76. The number of aromatic hydroxyl groups is 1. The topological polar surface area (TPSA) is 680 Å². The summed E-state index contributed by atoms with van der Waals surface area (Å²) in [5.41, 5.74) is 19.5. The molecule has 15 atom stereocenters. The minimum Gasteiger partial charge on any atom is -0.508 e. The molecule has 0 radical (unpaired) electrons. The lowest BCUT2D eigenvalue weighted by Gasteiger charge is -2.36. The minimum absolute atomic E-state index is 0.0561. The van der Waals surface area contributed by atoms with E-state index in [1.54, 1.807) is 67.8 Å². The number of carboxylic acids is 1. The Morgan fingerprint density at radius 1 is 0.519 bits per heavy atom. The molecule has 3 fully saturated rings. The number of primary amides is 3. The van der Waals surface area contributed by atoms with E-state index >= 15 is 33.6 Å². The summed E-state index contributed by atoms with van der Waals surface area (Å²) in [5.74, 6) is -21.5. The van der Waals surface area contributed by atoms with E-state index in [1.165, 1.54) is 64.9 Å². The average molecular weight is 1900 g/mol. The van der Waals surface area contributed by atoms with Gasteiger partial charge in [0.25, 0.3) is 0 Å². The number of aliphatic hydroxyl groups excluding tert-OH is 2. The van der Waals surface area contributed by atoms with E-state index < -0.39 is 279 Å². The Morgan fingerprint density at radius 3 is 1.60 bits per heavy atom. The number of hydrogen-bond donors (Lipinski definition) is 20. The van der Waals surface area contributed by atoms with Crippen molar-refractivity contribution in [3.05, 3.63) is 120 Å². The molecular formula is C89H120N22O23S. The van der Waals surface area contributed by atoms with Crippen LogP contribution in [0.15, 0.2) is 97.7 Å². The van der Waals surface area contributed by atoms with E-state index in [4.69, 9.17) is 17.2 Å². The molecule has 23 N–H and O–H groups in total. The lowest BCUT2D eigenvalue weighted by Crippen LogP contribution is -2.61. The van der Waals surface area contributed by atoms with Gasteiger partial charge < -0.3 is 130 Å². The minimum atomic E-state index is -1.97. The van der Waals surface area contributed by atoms with Gasteiger partial charge in [0.2, 0.25) is 106 Å². The number of aliphatic hydroxyl groups is 2. The fourth-order valence-corrected chi connectivity index (χ4v) is 17.3. The number of thioether (sulfide) groups is 1. The molecule has 0 saturated carbocycles. The number of aliphatic carboxylic acids is 1. The molecular weight excluding hydrogens is 1780 g/mol. The fraction of sp³-hybridized carbons (Fsp3) is 0.506. The lowest BCUT2D eigenvalue weighted by molar-refractivity contribution is -0.149. The van der Waals surface area contributed by atoms with Gasteiger partial charge in [0.1, 0.15) is 90.3 Å². The van der Waals surface area contributed by atoms with E-state index in [0.29, 0.717) is 63.1 Å². The zero-order chi connectivity index (χ0) is 98.6. The Kier molecular flexibility index (Phi) is 38.5. The summed E-state index contributed by atoms with van der Waals surface area (Å²) in [6.07, 6.45) is -0.0704. The first-order valence-corrected chi connectivity index (χ1v) is 45.7. The molecule has 18 amide bonds. The summed E-state index contributed by atoms with van der Waals surface area (Å²) in [6, 6.07) is -4.04. The quantitative estimate of drug-likeness (QED) is 0.0245. The third-order valence-corrected chi connectivity index (χ3v) is 24.9. The summed E-state index contributed by atoms with van der Waals surface area (Å²) < 4.78 is 0. The number of hydrogen-bond acceptors (Lipinski definition) is 24. The molecule has 45 nitrogen and oxygen atoms in total. The molecule has 9 rings (SSSR count). The van der Waals surface area contributed by atoms with Crippen molar-refractivity contribution in [3.63, 3.8) is 0 Å². The Hall–Kier alpha value is -14.1.